The first-order valence-electron chi connectivity index (χ1n) is 26.5. The van der Waals surface area contributed by atoms with Crippen molar-refractivity contribution in [1.29, 1.82) is 0 Å². The highest BCUT2D eigenvalue weighted by atomic mass is 16.5. The van der Waals surface area contributed by atoms with Gasteiger partial charge in [0.25, 0.3) is 0 Å². The third-order valence-electron chi connectivity index (χ3n) is 16.2. The number of hydrogen-bond donors (Lipinski definition) is 0. The predicted octanol–water partition coefficient (Wildman–Crippen LogP) is 16.9. The van der Waals surface area contributed by atoms with E-state index in [0.29, 0.717) is 10.8 Å². The average molecular weight is 871 g/mol. The molecule has 0 spiro atoms. The Morgan fingerprint density at radius 2 is 0.708 bits per heavy atom. The van der Waals surface area contributed by atoms with Crippen LogP contribution < -0.4 is 9.47 Å². The molecule has 6 aliphatic rings. The number of ether oxygens (including phenoxy) is 2. The third-order valence-corrected chi connectivity index (χ3v) is 16.2. The molecule has 0 saturated heterocycles. The molecule has 346 valence electrons. The summed E-state index contributed by atoms with van der Waals surface area (Å²) in [6.45, 7) is 10.5. The molecule has 0 unspecified atom stereocenters. The smallest absolute Gasteiger partial charge is 0.119 e. The van der Waals surface area contributed by atoms with Crippen molar-refractivity contribution < 1.29 is 9.47 Å². The first kappa shape index (κ1) is 48.5. The van der Waals surface area contributed by atoms with Gasteiger partial charge in [0.15, 0.2) is 0 Å². The summed E-state index contributed by atoms with van der Waals surface area (Å²) in [7, 11) is 0. The van der Waals surface area contributed by atoms with E-state index in [2.05, 4.69) is 148 Å². The zero-order valence-electron chi connectivity index (χ0n) is 41.1. The maximum absolute atomic E-state index is 5.78. The van der Waals surface area contributed by atoms with Gasteiger partial charge in [-0.1, -0.05) is 145 Å². The van der Waals surface area contributed by atoms with E-state index < -0.39 is 0 Å². The van der Waals surface area contributed by atoms with Crippen molar-refractivity contribution in [3.63, 3.8) is 0 Å². The van der Waals surface area contributed by atoms with Gasteiger partial charge in [-0.25, -0.2) is 0 Å². The molecule has 0 radical (unpaired) electrons. The molecule has 6 saturated carbocycles. The summed E-state index contributed by atoms with van der Waals surface area (Å²) >= 11 is 0. The number of aryl methyl sites for hydroxylation is 2. The standard InChI is InChI=1S/C32H42O.C31H40O/c1-3-5-7-8-9-27-10-14-29(15-11-27)32-23-20-31(21-24-32,22-25-32)19-18-28-12-16-30(17-13-28)33-26-6-4-2;1-3-5-7-8-26-9-13-28(14-10-26)31-22-19-30(20-23-31,21-24-31)18-17-27-11-15-29(16-12-27)32-25-6-4-2/h10-17H,3-9,20-26H2,1-2H3;9-16H,3-8,19-25H2,1-2H3. The molecule has 0 atom stereocenters. The lowest BCUT2D eigenvalue weighted by atomic mass is 9.52. The number of fused-ring (bicyclic) bond motifs is 6. The van der Waals surface area contributed by atoms with Gasteiger partial charge in [0, 0.05) is 22.0 Å². The molecule has 4 aromatic carbocycles. The van der Waals surface area contributed by atoms with E-state index in [1.165, 1.54) is 146 Å². The molecule has 10 rings (SSSR count). The molecule has 0 N–H and O–H groups in total. The van der Waals surface area contributed by atoms with E-state index in [1.54, 1.807) is 11.1 Å². The van der Waals surface area contributed by atoms with Crippen molar-refractivity contribution in [1.82, 2.24) is 0 Å². The second-order valence-electron chi connectivity index (χ2n) is 20.7. The average Bonchev–Trinajstić information content (AvgIpc) is 3.37. The van der Waals surface area contributed by atoms with E-state index >= 15 is 0 Å². The lowest BCUT2D eigenvalue weighted by Crippen LogP contribution is -2.43. The van der Waals surface area contributed by atoms with Crippen molar-refractivity contribution in [3.05, 3.63) is 130 Å². The van der Waals surface area contributed by atoms with Crippen LogP contribution in [0.1, 0.15) is 209 Å². The van der Waals surface area contributed by atoms with Crippen LogP contribution in [0.4, 0.5) is 0 Å². The van der Waals surface area contributed by atoms with Crippen molar-refractivity contribution in [2.75, 3.05) is 13.2 Å². The molecule has 0 aromatic heterocycles. The number of hydrogen-bond acceptors (Lipinski definition) is 2. The minimum Gasteiger partial charge on any atom is -0.494 e. The molecule has 0 heterocycles. The van der Waals surface area contributed by atoms with Crippen LogP contribution in [0.15, 0.2) is 97.1 Å². The summed E-state index contributed by atoms with van der Waals surface area (Å²) in [5, 5.41) is 0. The van der Waals surface area contributed by atoms with Crippen LogP contribution in [0.25, 0.3) is 0 Å². The Kier molecular flexibility index (Phi) is 17.8. The third kappa shape index (κ3) is 13.2. The van der Waals surface area contributed by atoms with Crippen LogP contribution >= 0.6 is 0 Å². The molecular formula is C63H82O2. The number of unbranched alkanes of at least 4 members (excludes halogenated alkanes) is 7. The van der Waals surface area contributed by atoms with Crippen molar-refractivity contribution in [2.45, 2.75) is 199 Å². The van der Waals surface area contributed by atoms with Gasteiger partial charge in [0.1, 0.15) is 11.5 Å². The largest absolute Gasteiger partial charge is 0.494 e. The van der Waals surface area contributed by atoms with Gasteiger partial charge in [-0.3, -0.25) is 0 Å². The van der Waals surface area contributed by atoms with Gasteiger partial charge in [0.2, 0.25) is 0 Å². The summed E-state index contributed by atoms with van der Waals surface area (Å²) in [6.07, 6.45) is 31.6. The summed E-state index contributed by atoms with van der Waals surface area (Å²) in [5.41, 5.74) is 9.69. The monoisotopic (exact) mass is 871 g/mol. The normalized spacial score (nSPS) is 23.9. The zero-order valence-corrected chi connectivity index (χ0v) is 41.1. The van der Waals surface area contributed by atoms with E-state index in [1.807, 2.05) is 0 Å². The van der Waals surface area contributed by atoms with E-state index in [4.69, 9.17) is 9.47 Å². The fourth-order valence-corrected chi connectivity index (χ4v) is 11.3. The molecule has 6 fully saturated rings. The van der Waals surface area contributed by atoms with Crippen LogP contribution in [0.5, 0.6) is 11.5 Å². The maximum Gasteiger partial charge on any atom is 0.119 e. The quantitative estimate of drug-likeness (QED) is 0.0690. The molecule has 0 amide bonds. The molecular weight excluding hydrogens is 789 g/mol. The molecule has 65 heavy (non-hydrogen) atoms. The van der Waals surface area contributed by atoms with Gasteiger partial charge < -0.3 is 9.47 Å². The summed E-state index contributed by atoms with van der Waals surface area (Å²) in [6, 6.07) is 36.1. The first-order chi connectivity index (χ1) is 31.8. The summed E-state index contributed by atoms with van der Waals surface area (Å²) in [4.78, 5) is 0. The van der Waals surface area contributed by atoms with Gasteiger partial charge in [0.05, 0.1) is 13.2 Å². The van der Waals surface area contributed by atoms with E-state index in [9.17, 15) is 0 Å². The van der Waals surface area contributed by atoms with Crippen LogP contribution in [0.3, 0.4) is 0 Å². The van der Waals surface area contributed by atoms with Gasteiger partial charge in [-0.2, -0.15) is 0 Å². The van der Waals surface area contributed by atoms with Gasteiger partial charge in [-0.15, -0.1) is 0 Å². The maximum atomic E-state index is 5.78. The predicted molar refractivity (Wildman–Crippen MR) is 275 cm³/mol. The molecule has 4 aromatic rings. The molecule has 4 bridgehead atoms. The lowest BCUT2D eigenvalue weighted by Gasteiger charge is -2.51. The second-order valence-corrected chi connectivity index (χ2v) is 20.7. The van der Waals surface area contributed by atoms with Crippen molar-refractivity contribution in [3.8, 4) is 35.2 Å². The van der Waals surface area contributed by atoms with E-state index in [-0.39, 0.29) is 10.8 Å². The van der Waals surface area contributed by atoms with Gasteiger partial charge >= 0.3 is 0 Å². The summed E-state index contributed by atoms with van der Waals surface area (Å²) < 4.78 is 11.6. The SMILES string of the molecule is CCCCCCc1ccc(C23CCC(C#Cc4ccc(OCCCC)cc4)(CC2)CC3)cc1.CCCCCc1ccc(C23CCC(C#Cc4ccc(OCCCC)cc4)(CC2)CC3)cc1. The van der Waals surface area contributed by atoms with Crippen LogP contribution in [-0.2, 0) is 23.7 Å². The molecule has 0 aliphatic heterocycles. The van der Waals surface area contributed by atoms with Crippen molar-refractivity contribution >= 4 is 0 Å². The Balaban J connectivity index is 0.000000194. The van der Waals surface area contributed by atoms with Crippen LogP contribution in [0.2, 0.25) is 0 Å². The van der Waals surface area contributed by atoms with Gasteiger partial charge in [-0.05, 0) is 197 Å². The summed E-state index contributed by atoms with van der Waals surface area (Å²) in [5.74, 6) is 16.4. The minimum atomic E-state index is 0.233. The van der Waals surface area contributed by atoms with Crippen LogP contribution in [-0.4, -0.2) is 13.2 Å². The molecule has 2 heteroatoms. The lowest BCUT2D eigenvalue weighted by molar-refractivity contribution is 0.0865. The Bertz CT molecular complexity index is 2100. The van der Waals surface area contributed by atoms with Crippen LogP contribution in [0, 0.1) is 34.5 Å². The fraction of sp³-hybridized carbons (Fsp3) is 0.556. The first-order valence-corrected chi connectivity index (χ1v) is 26.5. The van der Waals surface area contributed by atoms with Crippen molar-refractivity contribution in [2.24, 2.45) is 10.8 Å². The highest BCUT2D eigenvalue weighted by molar-refractivity contribution is 5.42. The number of rotatable bonds is 19. The Morgan fingerprint density at radius 1 is 0.369 bits per heavy atom. The Morgan fingerprint density at radius 3 is 1.06 bits per heavy atom. The Labute approximate surface area is 396 Å². The van der Waals surface area contributed by atoms with E-state index in [0.717, 1.165) is 61.5 Å². The number of benzene rings is 4. The second kappa shape index (κ2) is 23.9. The minimum absolute atomic E-state index is 0.233. The zero-order chi connectivity index (χ0) is 45.3. The highest BCUT2D eigenvalue weighted by Crippen LogP contribution is 2.58. The topological polar surface area (TPSA) is 18.5 Å². The molecule has 2 nitrogen and oxygen atoms in total. The highest BCUT2D eigenvalue weighted by Gasteiger charge is 2.49. The fourth-order valence-electron chi connectivity index (χ4n) is 11.3. The Hall–Kier alpha value is -4.40. The molecule has 6 aliphatic carbocycles.